The van der Waals surface area contributed by atoms with Crippen LogP contribution in [0.4, 0.5) is 11.8 Å². The molecular formula is C15H22N6. The number of hydrogen-bond acceptors (Lipinski definition) is 5. The lowest BCUT2D eigenvalue weighted by atomic mass is 9.98. The van der Waals surface area contributed by atoms with Crippen molar-refractivity contribution in [3.63, 3.8) is 0 Å². The van der Waals surface area contributed by atoms with Gasteiger partial charge in [-0.2, -0.15) is 9.97 Å². The van der Waals surface area contributed by atoms with Gasteiger partial charge in [-0.15, -0.1) is 0 Å². The Morgan fingerprint density at radius 2 is 1.95 bits per heavy atom. The van der Waals surface area contributed by atoms with Crippen LogP contribution in [-0.2, 0) is 0 Å². The lowest BCUT2D eigenvalue weighted by Crippen LogP contribution is -2.19. The minimum atomic E-state index is 0.647. The molecule has 2 aromatic rings. The molecule has 0 bridgehead atoms. The highest BCUT2D eigenvalue weighted by Gasteiger charge is 2.41. The van der Waals surface area contributed by atoms with Crippen LogP contribution >= 0.6 is 0 Å². The van der Waals surface area contributed by atoms with Gasteiger partial charge in [-0.05, 0) is 50.4 Å². The molecule has 6 nitrogen and oxygen atoms in total. The maximum Gasteiger partial charge on any atom is 0.226 e. The minimum absolute atomic E-state index is 0.647. The first-order valence-electron chi connectivity index (χ1n) is 8.04. The number of imidazole rings is 1. The van der Waals surface area contributed by atoms with E-state index in [1.165, 1.54) is 25.7 Å². The average Bonchev–Trinajstić information content (AvgIpc) is 3.39. The predicted molar refractivity (Wildman–Crippen MR) is 83.3 cm³/mol. The van der Waals surface area contributed by atoms with Gasteiger partial charge < -0.3 is 15.6 Å². The molecule has 4 rings (SSSR count). The molecule has 0 saturated heterocycles. The van der Waals surface area contributed by atoms with E-state index in [-0.39, 0.29) is 0 Å². The summed E-state index contributed by atoms with van der Waals surface area (Å²) < 4.78 is 0. The van der Waals surface area contributed by atoms with Crippen LogP contribution in [0.2, 0.25) is 0 Å². The quantitative estimate of drug-likeness (QED) is 0.729. The van der Waals surface area contributed by atoms with Crippen LogP contribution in [-0.4, -0.2) is 33.0 Å². The Morgan fingerprint density at radius 3 is 2.62 bits per heavy atom. The summed E-state index contributed by atoms with van der Waals surface area (Å²) >= 11 is 0. The molecular weight excluding hydrogens is 264 g/mol. The second-order valence-electron chi connectivity index (χ2n) is 6.25. The van der Waals surface area contributed by atoms with Crippen molar-refractivity contribution < 1.29 is 0 Å². The van der Waals surface area contributed by atoms with Crippen LogP contribution in [0.1, 0.15) is 32.6 Å². The summed E-state index contributed by atoms with van der Waals surface area (Å²) in [5.74, 6) is 4.23. The van der Waals surface area contributed by atoms with Crippen LogP contribution in [0.15, 0.2) is 6.33 Å². The van der Waals surface area contributed by atoms with Gasteiger partial charge in [-0.1, -0.05) is 0 Å². The molecule has 0 amide bonds. The lowest BCUT2D eigenvalue weighted by molar-refractivity contribution is 0.428. The molecule has 0 spiro atoms. The van der Waals surface area contributed by atoms with Crippen molar-refractivity contribution in [2.24, 2.45) is 17.8 Å². The van der Waals surface area contributed by atoms with Gasteiger partial charge in [-0.3, -0.25) is 0 Å². The molecule has 2 aliphatic rings. The summed E-state index contributed by atoms with van der Waals surface area (Å²) in [5, 5.41) is 6.72. The van der Waals surface area contributed by atoms with Crippen molar-refractivity contribution in [2.45, 2.75) is 32.6 Å². The number of H-pyrrole nitrogens is 1. The Bertz CT molecular complexity index is 616. The van der Waals surface area contributed by atoms with Crippen molar-refractivity contribution in [1.82, 2.24) is 19.9 Å². The third-order valence-electron chi connectivity index (χ3n) is 4.58. The maximum atomic E-state index is 4.59. The van der Waals surface area contributed by atoms with E-state index in [0.29, 0.717) is 5.95 Å². The fourth-order valence-electron chi connectivity index (χ4n) is 3.18. The fourth-order valence-corrected chi connectivity index (χ4v) is 3.18. The molecule has 0 aliphatic heterocycles. The summed E-state index contributed by atoms with van der Waals surface area (Å²) in [7, 11) is 0. The first-order chi connectivity index (χ1) is 10.3. The van der Waals surface area contributed by atoms with Crippen LogP contribution in [0.25, 0.3) is 11.2 Å². The normalized spacial score (nSPS) is 18.4. The first kappa shape index (κ1) is 12.9. The van der Waals surface area contributed by atoms with Gasteiger partial charge in [0.15, 0.2) is 11.5 Å². The molecule has 2 aromatic heterocycles. The van der Waals surface area contributed by atoms with Crippen LogP contribution in [0, 0.1) is 17.8 Å². The molecule has 2 aliphatic carbocycles. The van der Waals surface area contributed by atoms with Crippen LogP contribution in [0.3, 0.4) is 0 Å². The van der Waals surface area contributed by atoms with E-state index in [1.54, 1.807) is 6.33 Å². The van der Waals surface area contributed by atoms with E-state index in [2.05, 4.69) is 30.6 Å². The van der Waals surface area contributed by atoms with Crippen molar-refractivity contribution in [2.75, 3.05) is 23.7 Å². The number of fused-ring (bicyclic) bond motifs is 1. The summed E-state index contributed by atoms with van der Waals surface area (Å²) in [6.45, 7) is 3.87. The molecule has 0 atom stereocenters. The molecule has 0 aromatic carbocycles. The second kappa shape index (κ2) is 5.16. The summed E-state index contributed by atoms with van der Waals surface area (Å²) in [6, 6.07) is 0. The number of nitrogens with one attached hydrogen (secondary N) is 3. The van der Waals surface area contributed by atoms with Gasteiger partial charge in [0.2, 0.25) is 5.95 Å². The molecule has 112 valence electrons. The van der Waals surface area contributed by atoms with Gasteiger partial charge in [0.05, 0.1) is 6.33 Å². The Hall–Kier alpha value is -1.85. The number of aromatic amines is 1. The first-order valence-corrected chi connectivity index (χ1v) is 8.04. The van der Waals surface area contributed by atoms with E-state index < -0.39 is 0 Å². The molecule has 0 radical (unpaired) electrons. The smallest absolute Gasteiger partial charge is 0.226 e. The van der Waals surface area contributed by atoms with Gasteiger partial charge in [0.25, 0.3) is 0 Å². The van der Waals surface area contributed by atoms with Gasteiger partial charge in [0, 0.05) is 13.1 Å². The molecule has 0 unspecified atom stereocenters. The van der Waals surface area contributed by atoms with Crippen LogP contribution in [0.5, 0.6) is 0 Å². The highest BCUT2D eigenvalue weighted by atomic mass is 15.2. The number of nitrogens with zero attached hydrogens (tertiary/aromatic N) is 3. The molecule has 2 fully saturated rings. The van der Waals surface area contributed by atoms with E-state index in [1.807, 2.05) is 6.92 Å². The Labute approximate surface area is 124 Å². The second-order valence-corrected chi connectivity index (χ2v) is 6.25. The van der Waals surface area contributed by atoms with Crippen molar-refractivity contribution >= 4 is 22.9 Å². The molecule has 21 heavy (non-hydrogen) atoms. The minimum Gasteiger partial charge on any atom is -0.368 e. The Kier molecular flexibility index (Phi) is 3.16. The van der Waals surface area contributed by atoms with Crippen molar-refractivity contribution in [3.8, 4) is 0 Å². The zero-order chi connectivity index (χ0) is 14.2. The number of anilines is 2. The van der Waals surface area contributed by atoms with E-state index in [4.69, 9.17) is 0 Å². The van der Waals surface area contributed by atoms with E-state index in [0.717, 1.165) is 47.8 Å². The van der Waals surface area contributed by atoms with Gasteiger partial charge in [0.1, 0.15) is 5.52 Å². The van der Waals surface area contributed by atoms with Gasteiger partial charge in [-0.25, -0.2) is 4.98 Å². The number of aromatic nitrogens is 4. The molecule has 2 heterocycles. The zero-order valence-corrected chi connectivity index (χ0v) is 12.4. The van der Waals surface area contributed by atoms with E-state index in [9.17, 15) is 0 Å². The predicted octanol–water partition coefficient (Wildman–Crippen LogP) is 2.63. The zero-order valence-electron chi connectivity index (χ0n) is 12.4. The average molecular weight is 286 g/mol. The highest BCUT2D eigenvalue weighted by Crippen LogP contribution is 2.49. The molecule has 3 N–H and O–H groups in total. The van der Waals surface area contributed by atoms with Crippen LogP contribution < -0.4 is 10.6 Å². The summed E-state index contributed by atoms with van der Waals surface area (Å²) in [4.78, 5) is 16.4. The third kappa shape index (κ3) is 2.66. The van der Waals surface area contributed by atoms with Gasteiger partial charge >= 0.3 is 0 Å². The standard InChI is InChI=1S/C15H22N6/c1-2-16-15-20-13(12-14(21-15)19-8-18-12)17-7-11(9-3-4-9)10-5-6-10/h8-11H,2-7H2,1H3,(H3,16,17,18,19,20,21). The van der Waals surface area contributed by atoms with Crippen molar-refractivity contribution in [3.05, 3.63) is 6.33 Å². The number of rotatable bonds is 7. The summed E-state index contributed by atoms with van der Waals surface area (Å²) in [5.41, 5.74) is 1.62. The Balaban J connectivity index is 1.55. The topological polar surface area (TPSA) is 78.5 Å². The summed E-state index contributed by atoms with van der Waals surface area (Å²) in [6.07, 6.45) is 7.33. The monoisotopic (exact) mass is 286 g/mol. The largest absolute Gasteiger partial charge is 0.368 e. The lowest BCUT2D eigenvalue weighted by Gasteiger charge is -2.17. The SMILES string of the molecule is CCNc1nc(NCC(C2CC2)C2CC2)c2[nH]cnc2n1. The van der Waals surface area contributed by atoms with Crippen molar-refractivity contribution in [1.29, 1.82) is 0 Å². The molecule has 6 heteroatoms. The Morgan fingerprint density at radius 1 is 1.19 bits per heavy atom. The maximum absolute atomic E-state index is 4.59. The third-order valence-corrected chi connectivity index (χ3v) is 4.58. The van der Waals surface area contributed by atoms with E-state index >= 15 is 0 Å². The number of hydrogen-bond donors (Lipinski definition) is 3. The highest BCUT2D eigenvalue weighted by molar-refractivity contribution is 5.83. The molecule has 2 saturated carbocycles. The fraction of sp³-hybridized carbons (Fsp3) is 0.667.